The number of sulfonamides is 1. The Morgan fingerprint density at radius 2 is 1.68 bits per heavy atom. The third-order valence-corrected chi connectivity index (χ3v) is 7.09. The summed E-state index contributed by atoms with van der Waals surface area (Å²) in [6, 6.07) is 7.14. The van der Waals surface area contributed by atoms with Gasteiger partial charge in [-0.05, 0) is 37.1 Å². The number of amides is 1. The van der Waals surface area contributed by atoms with Crippen LogP contribution in [0.2, 0.25) is 0 Å². The lowest BCUT2D eigenvalue weighted by molar-refractivity contribution is -0.127. The summed E-state index contributed by atoms with van der Waals surface area (Å²) in [4.78, 5) is 16.1. The molecule has 0 radical (unpaired) electrons. The van der Waals surface area contributed by atoms with Gasteiger partial charge in [0.05, 0.1) is 4.90 Å². The zero-order chi connectivity index (χ0) is 17.9. The first kappa shape index (κ1) is 18.4. The Balaban J connectivity index is 1.60. The molecule has 2 aliphatic heterocycles. The first-order chi connectivity index (χ1) is 12.0. The molecule has 0 unspecified atom stereocenters. The Morgan fingerprint density at radius 1 is 1.00 bits per heavy atom. The van der Waals surface area contributed by atoms with E-state index in [9.17, 15) is 13.2 Å². The minimum absolute atomic E-state index is 0.227. The van der Waals surface area contributed by atoms with Gasteiger partial charge in [0.2, 0.25) is 15.9 Å². The lowest BCUT2D eigenvalue weighted by atomic mass is 10.1. The maximum Gasteiger partial charge on any atom is 0.243 e. The summed E-state index contributed by atoms with van der Waals surface area (Å²) in [6.07, 6.45) is 2.37. The van der Waals surface area contributed by atoms with E-state index < -0.39 is 10.0 Å². The fourth-order valence-corrected chi connectivity index (χ4v) is 4.89. The number of hydrogen-bond acceptors (Lipinski definition) is 4. The second kappa shape index (κ2) is 7.85. The number of nitrogens with zero attached hydrogens (tertiary/aromatic N) is 3. The van der Waals surface area contributed by atoms with Gasteiger partial charge >= 0.3 is 0 Å². The summed E-state index contributed by atoms with van der Waals surface area (Å²) in [7, 11) is -3.41. The summed E-state index contributed by atoms with van der Waals surface area (Å²) < 4.78 is 27.1. The van der Waals surface area contributed by atoms with Crippen molar-refractivity contribution in [1.29, 1.82) is 0 Å². The lowest BCUT2D eigenvalue weighted by Gasteiger charge is -2.33. The molecule has 2 aliphatic rings. The number of carbonyl (C=O) groups excluding carboxylic acids is 1. The van der Waals surface area contributed by atoms with Gasteiger partial charge in [-0.25, -0.2) is 8.42 Å². The number of benzene rings is 1. The molecule has 0 aliphatic carbocycles. The molecule has 0 aromatic heterocycles. The average Bonchev–Trinajstić information content (AvgIpc) is 3.05. The molecule has 0 atom stereocenters. The summed E-state index contributed by atoms with van der Waals surface area (Å²) in [5.41, 5.74) is 1.06. The predicted octanol–water partition coefficient (Wildman–Crippen LogP) is 1.18. The van der Waals surface area contributed by atoms with Crippen LogP contribution >= 0.6 is 0 Å². The zero-order valence-corrected chi connectivity index (χ0v) is 15.7. The Bertz CT molecular complexity index is 695. The number of hydrogen-bond donors (Lipinski definition) is 0. The van der Waals surface area contributed by atoms with Gasteiger partial charge in [-0.15, -0.1) is 0 Å². The highest BCUT2D eigenvalue weighted by Gasteiger charge is 2.28. The van der Waals surface area contributed by atoms with Crippen LogP contribution in [0.25, 0.3) is 0 Å². The van der Waals surface area contributed by atoms with Crippen molar-refractivity contribution < 1.29 is 13.2 Å². The molecule has 25 heavy (non-hydrogen) atoms. The fourth-order valence-electron chi connectivity index (χ4n) is 3.47. The van der Waals surface area contributed by atoms with Crippen LogP contribution in [-0.4, -0.2) is 74.2 Å². The van der Waals surface area contributed by atoms with E-state index in [-0.39, 0.29) is 5.91 Å². The van der Waals surface area contributed by atoms with Crippen LogP contribution in [0.15, 0.2) is 29.2 Å². The van der Waals surface area contributed by atoms with Crippen molar-refractivity contribution >= 4 is 15.9 Å². The zero-order valence-electron chi connectivity index (χ0n) is 14.9. The van der Waals surface area contributed by atoms with Gasteiger partial charge in [0, 0.05) is 45.7 Å². The molecule has 0 saturated carbocycles. The standard InChI is InChI=1S/C18H27N3O3S/c1-2-19-12-14-21(15-13-19)25(23,24)17-7-5-16(6-8-17)9-11-20-10-3-4-18(20)22/h5-8H,2-4,9-15H2,1H3. The third kappa shape index (κ3) is 4.22. The van der Waals surface area contributed by atoms with E-state index in [2.05, 4.69) is 11.8 Å². The molecule has 2 saturated heterocycles. The SMILES string of the molecule is CCN1CCN(S(=O)(=O)c2ccc(CCN3CCCC3=O)cc2)CC1. The second-order valence-electron chi connectivity index (χ2n) is 6.72. The van der Waals surface area contributed by atoms with Gasteiger partial charge in [0.25, 0.3) is 0 Å². The molecule has 2 fully saturated rings. The molecule has 0 bridgehead atoms. The topological polar surface area (TPSA) is 60.9 Å². The highest BCUT2D eigenvalue weighted by molar-refractivity contribution is 7.89. The van der Waals surface area contributed by atoms with E-state index in [1.165, 1.54) is 0 Å². The number of carbonyl (C=O) groups is 1. The van der Waals surface area contributed by atoms with Gasteiger partial charge in [0.15, 0.2) is 0 Å². The molecule has 0 N–H and O–H groups in total. The van der Waals surface area contributed by atoms with E-state index in [0.717, 1.165) is 44.6 Å². The molecule has 6 nitrogen and oxygen atoms in total. The predicted molar refractivity (Wildman–Crippen MR) is 96.8 cm³/mol. The Morgan fingerprint density at radius 3 is 2.24 bits per heavy atom. The van der Waals surface area contributed by atoms with E-state index in [0.29, 0.717) is 31.0 Å². The molecule has 1 aromatic rings. The van der Waals surface area contributed by atoms with Crippen molar-refractivity contribution in [2.45, 2.75) is 31.1 Å². The number of likely N-dealkylation sites (N-methyl/N-ethyl adjacent to an activating group) is 1. The van der Waals surface area contributed by atoms with E-state index >= 15 is 0 Å². The minimum atomic E-state index is -3.41. The molecule has 2 heterocycles. The third-order valence-electron chi connectivity index (χ3n) is 5.18. The van der Waals surface area contributed by atoms with Gasteiger partial charge < -0.3 is 9.80 Å². The largest absolute Gasteiger partial charge is 0.342 e. The van der Waals surface area contributed by atoms with E-state index in [4.69, 9.17) is 0 Å². The smallest absolute Gasteiger partial charge is 0.243 e. The highest BCUT2D eigenvalue weighted by Crippen LogP contribution is 2.19. The van der Waals surface area contributed by atoms with E-state index in [1.54, 1.807) is 16.4 Å². The normalized spacial score (nSPS) is 20.4. The molecule has 7 heteroatoms. The van der Waals surface area contributed by atoms with Crippen LogP contribution in [-0.2, 0) is 21.2 Å². The van der Waals surface area contributed by atoms with Crippen LogP contribution in [0.4, 0.5) is 0 Å². The summed E-state index contributed by atoms with van der Waals surface area (Å²) >= 11 is 0. The van der Waals surface area contributed by atoms with Crippen LogP contribution in [0.3, 0.4) is 0 Å². The summed E-state index contributed by atoms with van der Waals surface area (Å²) in [6.45, 7) is 7.29. The monoisotopic (exact) mass is 365 g/mol. The number of rotatable bonds is 6. The van der Waals surface area contributed by atoms with Gasteiger partial charge in [0.1, 0.15) is 0 Å². The lowest BCUT2D eigenvalue weighted by Crippen LogP contribution is -2.48. The first-order valence-corrected chi connectivity index (χ1v) is 10.5. The van der Waals surface area contributed by atoms with Crippen molar-refractivity contribution in [1.82, 2.24) is 14.1 Å². The van der Waals surface area contributed by atoms with Crippen LogP contribution in [0.1, 0.15) is 25.3 Å². The second-order valence-corrected chi connectivity index (χ2v) is 8.65. The molecule has 138 valence electrons. The highest BCUT2D eigenvalue weighted by atomic mass is 32.2. The van der Waals surface area contributed by atoms with Crippen LogP contribution in [0, 0.1) is 0 Å². The molecular weight excluding hydrogens is 338 g/mol. The van der Waals surface area contributed by atoms with Crippen molar-refractivity contribution in [2.24, 2.45) is 0 Å². The van der Waals surface area contributed by atoms with Gasteiger partial charge in [-0.2, -0.15) is 4.31 Å². The minimum Gasteiger partial charge on any atom is -0.342 e. The number of likely N-dealkylation sites (tertiary alicyclic amines) is 1. The fraction of sp³-hybridized carbons (Fsp3) is 0.611. The van der Waals surface area contributed by atoms with Gasteiger partial charge in [-0.3, -0.25) is 4.79 Å². The first-order valence-electron chi connectivity index (χ1n) is 9.10. The Hall–Kier alpha value is -1.44. The quantitative estimate of drug-likeness (QED) is 0.759. The van der Waals surface area contributed by atoms with Crippen molar-refractivity contribution in [3.8, 4) is 0 Å². The van der Waals surface area contributed by atoms with Crippen molar-refractivity contribution in [3.05, 3.63) is 29.8 Å². The Labute approximate surface area is 150 Å². The summed E-state index contributed by atoms with van der Waals surface area (Å²) in [5.74, 6) is 0.227. The Kier molecular flexibility index (Phi) is 5.76. The maximum atomic E-state index is 12.8. The average molecular weight is 365 g/mol. The van der Waals surface area contributed by atoms with Crippen LogP contribution < -0.4 is 0 Å². The number of piperazine rings is 1. The molecule has 0 spiro atoms. The summed E-state index contributed by atoms with van der Waals surface area (Å²) in [5, 5.41) is 0. The van der Waals surface area contributed by atoms with Crippen molar-refractivity contribution in [3.63, 3.8) is 0 Å². The van der Waals surface area contributed by atoms with Crippen LogP contribution in [0.5, 0.6) is 0 Å². The van der Waals surface area contributed by atoms with Gasteiger partial charge in [-0.1, -0.05) is 19.1 Å². The maximum absolute atomic E-state index is 12.8. The molecule has 3 rings (SSSR count). The molecule has 1 amide bonds. The van der Waals surface area contributed by atoms with E-state index in [1.807, 2.05) is 17.0 Å². The van der Waals surface area contributed by atoms with Crippen molar-refractivity contribution in [2.75, 3.05) is 45.8 Å². The molecule has 1 aromatic carbocycles. The molecular formula is C18H27N3O3S.